The van der Waals surface area contributed by atoms with E-state index < -0.39 is 9.53 Å². The van der Waals surface area contributed by atoms with Gasteiger partial charge in [0.25, 0.3) is 0 Å². The maximum absolute atomic E-state index is 7.86. The second-order valence-electron chi connectivity index (χ2n) is 0.499. The van der Waals surface area contributed by atoms with Gasteiger partial charge in [0.05, 0.1) is 0 Å². The Morgan fingerprint density at radius 2 is 1.75 bits per heavy atom. The van der Waals surface area contributed by atoms with E-state index in [1.54, 1.807) is 0 Å². The molecule has 0 aromatic heterocycles. The Hall–Kier alpha value is 0.0969. The zero-order valence-corrected chi connectivity index (χ0v) is 3.00. The molecule has 0 atom stereocenters. The molecule has 0 aromatic carbocycles. The van der Waals surface area contributed by atoms with Gasteiger partial charge in [-0.3, -0.25) is 0 Å². The molecule has 1 saturated heterocycles. The van der Waals surface area contributed by atoms with Crippen molar-refractivity contribution in [1.82, 2.24) is 0 Å². The Morgan fingerprint density at radius 1 is 1.50 bits per heavy atom. The Kier molecular flexibility index (Phi) is 0.307. The first-order valence-electron chi connectivity index (χ1n) is 0.896. The quantitative estimate of drug-likeness (QED) is 0.221. The summed E-state index contributed by atoms with van der Waals surface area (Å²) in [6.45, 7) is 0. The summed E-state index contributed by atoms with van der Waals surface area (Å²) in [4.78, 5) is 7.86. The summed E-state index contributed by atoms with van der Waals surface area (Å²) in [7, 11) is -1.89. The van der Waals surface area contributed by atoms with E-state index in [0.29, 0.717) is 0 Å². The fourth-order valence-electron chi connectivity index (χ4n) is 0.0248. The lowest BCUT2D eigenvalue weighted by molar-refractivity contribution is 0.0850. The van der Waals surface area contributed by atoms with Crippen LogP contribution in [-0.4, -0.2) is 14.3 Å². The van der Waals surface area contributed by atoms with Crippen LogP contribution in [0.3, 0.4) is 0 Å². The van der Waals surface area contributed by atoms with Crippen LogP contribution in [0.15, 0.2) is 0 Å². The summed E-state index contributed by atoms with van der Waals surface area (Å²) in [6.07, 6.45) is 0. The first-order chi connectivity index (χ1) is 1.89. The Bertz CT molecular complexity index is 22.5. The molecule has 0 bridgehead atoms. The lowest BCUT2D eigenvalue weighted by Crippen LogP contribution is -1.78. The molecular weight excluding hydrogens is 76.1 g/mol. The zero-order valence-electron chi connectivity index (χ0n) is 1.84. The topological polar surface area (TPSA) is 45.3 Å². The van der Waals surface area contributed by atoms with E-state index in [4.69, 9.17) is 4.80 Å². The molecule has 1 aliphatic rings. The van der Waals surface area contributed by atoms with Crippen molar-refractivity contribution in [2.24, 2.45) is 0 Å². The van der Waals surface area contributed by atoms with E-state index in [2.05, 4.69) is 9.15 Å². The van der Waals surface area contributed by atoms with Crippen LogP contribution in [0, 0.1) is 0 Å². The van der Waals surface area contributed by atoms with Crippen LogP contribution in [0.2, 0.25) is 0 Å². The van der Waals surface area contributed by atoms with Crippen molar-refractivity contribution in [2.45, 2.75) is 0 Å². The van der Waals surface area contributed by atoms with E-state index in [1.165, 1.54) is 0 Å². The fraction of sp³-hybridized carbons (Fsp3) is 0. The molecule has 1 heterocycles. The summed E-state index contributed by atoms with van der Waals surface area (Å²) >= 11 is 0. The van der Waals surface area contributed by atoms with Gasteiger partial charge >= 0.3 is 9.53 Å². The molecule has 1 N–H and O–H groups in total. The summed E-state index contributed by atoms with van der Waals surface area (Å²) in [6, 6.07) is 0. The van der Waals surface area contributed by atoms with Gasteiger partial charge in [0.1, 0.15) is 0 Å². The SMILES string of the molecule is O[SiH]1OO1. The molecule has 4 heavy (non-hydrogen) atoms. The van der Waals surface area contributed by atoms with E-state index in [0.717, 1.165) is 0 Å². The smallest absolute Gasteiger partial charge is 0.390 e. The molecule has 0 spiro atoms. The van der Waals surface area contributed by atoms with Crippen LogP contribution in [-0.2, 0) is 9.15 Å². The van der Waals surface area contributed by atoms with Crippen LogP contribution in [0.1, 0.15) is 0 Å². The summed E-state index contributed by atoms with van der Waals surface area (Å²) in [5, 5.41) is 0. The van der Waals surface area contributed by atoms with Crippen LogP contribution in [0.5, 0.6) is 0 Å². The van der Waals surface area contributed by atoms with Gasteiger partial charge in [-0.2, -0.15) is 0 Å². The van der Waals surface area contributed by atoms with Crippen LogP contribution < -0.4 is 0 Å². The highest BCUT2D eigenvalue weighted by Crippen LogP contribution is 1.98. The van der Waals surface area contributed by atoms with Crippen molar-refractivity contribution < 1.29 is 13.9 Å². The third-order valence-corrected chi connectivity index (χ3v) is 0.547. The normalized spacial score (nSPS) is 26.2. The van der Waals surface area contributed by atoms with Crippen molar-refractivity contribution >= 4 is 9.53 Å². The van der Waals surface area contributed by atoms with E-state index >= 15 is 0 Å². The number of hydrogen-bond donors (Lipinski definition) is 1. The molecule has 24 valence electrons. The molecule has 0 aromatic rings. The average molecular weight is 78.1 g/mol. The maximum Gasteiger partial charge on any atom is 0.537 e. The summed E-state index contributed by atoms with van der Waals surface area (Å²) in [5.74, 6) is 0. The van der Waals surface area contributed by atoms with Gasteiger partial charge < -0.3 is 4.80 Å². The molecule has 0 amide bonds. The second-order valence-corrected chi connectivity index (χ2v) is 1.50. The Labute approximate surface area is 24.7 Å². The van der Waals surface area contributed by atoms with Crippen LogP contribution >= 0.6 is 0 Å². The summed E-state index contributed by atoms with van der Waals surface area (Å²) < 4.78 is 7.81. The summed E-state index contributed by atoms with van der Waals surface area (Å²) in [5.41, 5.74) is 0. The average Bonchev–Trinajstić information content (AvgIpc) is 1.75. The molecular formula is H2O3Si. The van der Waals surface area contributed by atoms with Gasteiger partial charge in [0.15, 0.2) is 0 Å². The van der Waals surface area contributed by atoms with Gasteiger partial charge in [-0.05, 0) is 0 Å². The van der Waals surface area contributed by atoms with Gasteiger partial charge in [-0.15, -0.1) is 0 Å². The first-order valence-corrected chi connectivity index (χ1v) is 2.36. The molecule has 4 heteroatoms. The minimum atomic E-state index is -1.89. The van der Waals surface area contributed by atoms with Crippen LogP contribution in [0.4, 0.5) is 0 Å². The minimum absolute atomic E-state index is 1.89. The fourth-order valence-corrected chi connectivity index (χ4v) is 0.224. The highest BCUT2D eigenvalue weighted by molar-refractivity contribution is 6.40. The van der Waals surface area contributed by atoms with Gasteiger partial charge in [0.2, 0.25) is 0 Å². The lowest BCUT2D eigenvalue weighted by atomic mass is 15.0. The van der Waals surface area contributed by atoms with Crippen molar-refractivity contribution in [2.75, 3.05) is 0 Å². The molecule has 1 fully saturated rings. The third-order valence-electron chi connectivity index (χ3n) is 0.182. The van der Waals surface area contributed by atoms with Gasteiger partial charge in [-0.25, -0.2) is 9.15 Å². The predicted molar refractivity (Wildman–Crippen MR) is 11.5 cm³/mol. The Morgan fingerprint density at radius 3 is 1.75 bits per heavy atom. The standard InChI is InChI=1S/H2O3Si/c1-4-2-3-4/h1,4H. The highest BCUT2D eigenvalue weighted by atomic mass is 28.3. The molecule has 0 radical (unpaired) electrons. The molecule has 0 saturated carbocycles. The molecule has 3 nitrogen and oxygen atoms in total. The molecule has 0 unspecified atom stereocenters. The maximum atomic E-state index is 7.86. The Balaban J connectivity index is 2.17. The number of rotatable bonds is 0. The van der Waals surface area contributed by atoms with Gasteiger partial charge in [-0.1, -0.05) is 0 Å². The van der Waals surface area contributed by atoms with Crippen molar-refractivity contribution in [1.29, 1.82) is 0 Å². The van der Waals surface area contributed by atoms with Crippen molar-refractivity contribution in [3.05, 3.63) is 0 Å². The van der Waals surface area contributed by atoms with Crippen molar-refractivity contribution in [3.8, 4) is 0 Å². The van der Waals surface area contributed by atoms with Crippen molar-refractivity contribution in [3.63, 3.8) is 0 Å². The largest absolute Gasteiger partial charge is 0.537 e. The van der Waals surface area contributed by atoms with E-state index in [9.17, 15) is 0 Å². The van der Waals surface area contributed by atoms with Crippen LogP contribution in [0.25, 0.3) is 0 Å². The second kappa shape index (κ2) is 0.524. The highest BCUT2D eigenvalue weighted by Gasteiger charge is 2.26. The molecule has 1 aliphatic heterocycles. The zero-order chi connectivity index (χ0) is 2.99. The number of hydrogen-bond acceptors (Lipinski definition) is 3. The minimum Gasteiger partial charge on any atom is -0.390 e. The molecule has 1 rings (SSSR count). The molecule has 0 aliphatic carbocycles. The van der Waals surface area contributed by atoms with E-state index in [-0.39, 0.29) is 0 Å². The monoisotopic (exact) mass is 78.0 g/mol. The van der Waals surface area contributed by atoms with Gasteiger partial charge in [0, 0.05) is 0 Å². The first kappa shape index (κ1) is 2.34. The lowest BCUT2D eigenvalue weighted by Gasteiger charge is -1.39. The predicted octanol–water partition coefficient (Wildman–Crippen LogP) is -1.34. The third kappa shape index (κ3) is 0.263. The van der Waals surface area contributed by atoms with E-state index in [1.807, 2.05) is 0 Å².